The number of hydrogen-bond acceptors (Lipinski definition) is 3. The quantitative estimate of drug-likeness (QED) is 0.587. The van der Waals surface area contributed by atoms with Gasteiger partial charge in [0.15, 0.2) is 0 Å². The molecule has 2 saturated heterocycles. The fourth-order valence-corrected chi connectivity index (χ4v) is 5.90. The zero-order valence-electron chi connectivity index (χ0n) is 19.7. The van der Waals surface area contributed by atoms with Crippen LogP contribution in [0.3, 0.4) is 0 Å². The number of benzene rings is 3. The maximum atomic E-state index is 13.5. The van der Waals surface area contributed by atoms with Gasteiger partial charge in [0.25, 0.3) is 5.91 Å². The van der Waals surface area contributed by atoms with Crippen molar-refractivity contribution in [2.24, 2.45) is 11.8 Å². The number of carbonyl (C=O) groups excluding carboxylic acids is 1. The minimum absolute atomic E-state index is 0.0555. The number of aliphatic hydroxyl groups is 1. The molecule has 2 aliphatic heterocycles. The molecule has 0 bridgehead atoms. The Morgan fingerprint density at radius 3 is 2.44 bits per heavy atom. The molecule has 0 saturated carbocycles. The van der Waals surface area contributed by atoms with Crippen molar-refractivity contribution in [1.82, 2.24) is 9.80 Å². The monoisotopic (exact) mass is 460 g/mol. The highest BCUT2D eigenvalue weighted by Gasteiger charge is 2.39. The molecular weight excluding hydrogens is 427 g/mol. The van der Waals surface area contributed by atoms with Crippen LogP contribution in [-0.4, -0.2) is 59.6 Å². The molecule has 4 nitrogen and oxygen atoms in total. The normalized spacial score (nSPS) is 22.9. The third kappa shape index (κ3) is 4.73. The van der Waals surface area contributed by atoms with E-state index in [9.17, 15) is 14.3 Å². The van der Waals surface area contributed by atoms with Gasteiger partial charge in [-0.2, -0.15) is 0 Å². The van der Waals surface area contributed by atoms with E-state index in [0.717, 1.165) is 48.8 Å². The largest absolute Gasteiger partial charge is 0.393 e. The number of aliphatic hydroxyl groups excluding tert-OH is 1. The molecule has 2 unspecified atom stereocenters. The Morgan fingerprint density at radius 2 is 1.71 bits per heavy atom. The van der Waals surface area contributed by atoms with Gasteiger partial charge in [-0.05, 0) is 79.2 Å². The summed E-state index contributed by atoms with van der Waals surface area (Å²) < 4.78 is 13.3. The highest BCUT2D eigenvalue weighted by Crippen LogP contribution is 2.33. The van der Waals surface area contributed by atoms with Crippen LogP contribution in [0.1, 0.15) is 41.6 Å². The molecule has 178 valence electrons. The van der Waals surface area contributed by atoms with Crippen molar-refractivity contribution in [3.63, 3.8) is 0 Å². The number of amides is 1. The Bertz CT molecular complexity index is 1130. The Kier molecular flexibility index (Phi) is 6.66. The Morgan fingerprint density at radius 1 is 1.00 bits per heavy atom. The van der Waals surface area contributed by atoms with Crippen molar-refractivity contribution in [2.45, 2.75) is 31.8 Å². The number of likely N-dealkylation sites (tertiary alicyclic amines) is 2. The van der Waals surface area contributed by atoms with E-state index in [4.69, 9.17) is 0 Å². The molecule has 3 atom stereocenters. The van der Waals surface area contributed by atoms with Gasteiger partial charge >= 0.3 is 0 Å². The predicted molar refractivity (Wildman–Crippen MR) is 133 cm³/mol. The summed E-state index contributed by atoms with van der Waals surface area (Å²) in [5.41, 5.74) is 1.96. The second-order valence-electron chi connectivity index (χ2n) is 10.0. The van der Waals surface area contributed by atoms with Crippen molar-refractivity contribution in [3.05, 3.63) is 83.7 Å². The molecule has 0 radical (unpaired) electrons. The van der Waals surface area contributed by atoms with Crippen LogP contribution in [0.4, 0.5) is 4.39 Å². The lowest BCUT2D eigenvalue weighted by Gasteiger charge is -2.35. The SMILES string of the molecule is CC(O)[C@@H]1CN(C(=O)c2cccc3ccccc23)CC1CN1CCC(c2ccc(F)cc2)CC1. The molecular formula is C29H33FN2O2. The van der Waals surface area contributed by atoms with Crippen molar-refractivity contribution in [1.29, 1.82) is 0 Å². The lowest BCUT2D eigenvalue weighted by molar-refractivity contribution is 0.0758. The van der Waals surface area contributed by atoms with Crippen LogP contribution in [0.25, 0.3) is 10.8 Å². The number of carbonyl (C=O) groups is 1. The summed E-state index contributed by atoms with van der Waals surface area (Å²) in [7, 11) is 0. The molecule has 5 heteroatoms. The average Bonchev–Trinajstić information content (AvgIpc) is 3.28. The van der Waals surface area contributed by atoms with E-state index in [1.54, 1.807) is 12.1 Å². The number of nitrogens with zero attached hydrogens (tertiary/aromatic N) is 2. The zero-order valence-corrected chi connectivity index (χ0v) is 19.7. The van der Waals surface area contributed by atoms with Crippen molar-refractivity contribution >= 4 is 16.7 Å². The predicted octanol–water partition coefficient (Wildman–Crippen LogP) is 4.93. The number of halogens is 1. The molecule has 2 heterocycles. The smallest absolute Gasteiger partial charge is 0.254 e. The van der Waals surface area contributed by atoms with Gasteiger partial charge in [0, 0.05) is 31.1 Å². The van der Waals surface area contributed by atoms with E-state index in [0.29, 0.717) is 19.0 Å². The molecule has 2 aliphatic rings. The van der Waals surface area contributed by atoms with E-state index < -0.39 is 6.10 Å². The fourth-order valence-electron chi connectivity index (χ4n) is 5.90. The molecule has 2 fully saturated rings. The highest BCUT2D eigenvalue weighted by atomic mass is 19.1. The molecule has 0 spiro atoms. The molecule has 0 aromatic heterocycles. The molecule has 5 rings (SSSR count). The second kappa shape index (κ2) is 9.85. The third-order valence-electron chi connectivity index (χ3n) is 7.84. The van der Waals surface area contributed by atoms with Gasteiger partial charge in [-0.3, -0.25) is 4.79 Å². The highest BCUT2D eigenvalue weighted by molar-refractivity contribution is 6.07. The number of fused-ring (bicyclic) bond motifs is 1. The van der Waals surface area contributed by atoms with Crippen LogP contribution in [0.15, 0.2) is 66.7 Å². The van der Waals surface area contributed by atoms with E-state index >= 15 is 0 Å². The minimum Gasteiger partial charge on any atom is -0.393 e. The first kappa shape index (κ1) is 23.0. The first-order valence-corrected chi connectivity index (χ1v) is 12.4. The Hall–Kier alpha value is -2.76. The number of hydrogen-bond donors (Lipinski definition) is 1. The maximum Gasteiger partial charge on any atom is 0.254 e. The molecule has 1 N–H and O–H groups in total. The summed E-state index contributed by atoms with van der Waals surface area (Å²) in [6.07, 6.45) is 1.65. The first-order chi connectivity index (χ1) is 16.5. The topological polar surface area (TPSA) is 43.8 Å². The molecule has 0 aliphatic carbocycles. The van der Waals surface area contributed by atoms with Gasteiger partial charge in [-0.1, -0.05) is 48.5 Å². The average molecular weight is 461 g/mol. The summed E-state index contributed by atoms with van der Waals surface area (Å²) in [6, 6.07) is 20.8. The fraction of sp³-hybridized carbons (Fsp3) is 0.414. The number of rotatable bonds is 5. The standard InChI is InChI=1S/C29H33FN2O2/c1-20(33)28-19-32(29(34)27-8-4-6-23-5-2-3-7-26(23)27)18-24(28)17-31-15-13-22(14-16-31)21-9-11-25(30)12-10-21/h2-12,20,22,24,28,33H,13-19H2,1H3/t20?,24?,28-/m0/s1. The zero-order chi connectivity index (χ0) is 23.7. The van der Waals surface area contributed by atoms with Crippen LogP contribution in [0.2, 0.25) is 0 Å². The third-order valence-corrected chi connectivity index (χ3v) is 7.84. The maximum absolute atomic E-state index is 13.5. The second-order valence-corrected chi connectivity index (χ2v) is 10.0. The Balaban J connectivity index is 1.24. The van der Waals surface area contributed by atoms with Crippen LogP contribution < -0.4 is 0 Å². The summed E-state index contributed by atoms with van der Waals surface area (Å²) in [5.74, 6) is 0.668. The van der Waals surface area contributed by atoms with Crippen LogP contribution in [-0.2, 0) is 0 Å². The number of piperidine rings is 1. The van der Waals surface area contributed by atoms with Gasteiger partial charge in [-0.15, -0.1) is 0 Å². The van der Waals surface area contributed by atoms with Gasteiger partial charge in [-0.25, -0.2) is 4.39 Å². The molecule has 1 amide bonds. The summed E-state index contributed by atoms with van der Waals surface area (Å²) in [6.45, 7) is 5.99. The van der Waals surface area contributed by atoms with E-state index in [1.807, 2.05) is 66.4 Å². The Labute approximate surface area is 201 Å². The lowest BCUT2D eigenvalue weighted by Crippen LogP contribution is -2.40. The van der Waals surface area contributed by atoms with Crippen LogP contribution in [0, 0.1) is 17.7 Å². The van der Waals surface area contributed by atoms with Gasteiger partial charge in [0.05, 0.1) is 6.10 Å². The molecule has 3 aromatic carbocycles. The van der Waals surface area contributed by atoms with E-state index in [2.05, 4.69) is 4.90 Å². The lowest BCUT2D eigenvalue weighted by atomic mass is 9.87. The van der Waals surface area contributed by atoms with Gasteiger partial charge < -0.3 is 14.9 Å². The van der Waals surface area contributed by atoms with E-state index in [-0.39, 0.29) is 23.6 Å². The molecule has 34 heavy (non-hydrogen) atoms. The van der Waals surface area contributed by atoms with Gasteiger partial charge in [0.1, 0.15) is 5.82 Å². The van der Waals surface area contributed by atoms with Crippen LogP contribution in [0.5, 0.6) is 0 Å². The molecule has 3 aromatic rings. The minimum atomic E-state index is -0.452. The summed E-state index contributed by atoms with van der Waals surface area (Å²) >= 11 is 0. The van der Waals surface area contributed by atoms with E-state index in [1.165, 1.54) is 5.56 Å². The summed E-state index contributed by atoms with van der Waals surface area (Å²) in [5, 5.41) is 12.6. The van der Waals surface area contributed by atoms with Crippen LogP contribution >= 0.6 is 0 Å². The first-order valence-electron chi connectivity index (χ1n) is 12.4. The summed E-state index contributed by atoms with van der Waals surface area (Å²) in [4.78, 5) is 17.9. The van der Waals surface area contributed by atoms with Crippen molar-refractivity contribution in [2.75, 3.05) is 32.7 Å². The van der Waals surface area contributed by atoms with Crippen molar-refractivity contribution in [3.8, 4) is 0 Å². The van der Waals surface area contributed by atoms with Crippen molar-refractivity contribution < 1.29 is 14.3 Å². The van der Waals surface area contributed by atoms with Gasteiger partial charge in [0.2, 0.25) is 0 Å².